The number of H-pyrrole nitrogens is 1. The Morgan fingerprint density at radius 1 is 1.60 bits per heavy atom. The Morgan fingerprint density at radius 3 is 3.27 bits per heavy atom. The fourth-order valence-electron chi connectivity index (χ4n) is 1.20. The molecule has 0 saturated heterocycles. The molecule has 0 saturated carbocycles. The number of hydrazone groups is 1. The largest absolute Gasteiger partial charge is 0.338 e. The van der Waals surface area contributed by atoms with E-state index < -0.39 is 0 Å². The van der Waals surface area contributed by atoms with Crippen molar-refractivity contribution < 1.29 is 0 Å². The first kappa shape index (κ1) is 11.2. The summed E-state index contributed by atoms with van der Waals surface area (Å²) >= 11 is 5.49. The molecule has 0 aliphatic rings. The first-order valence-corrected chi connectivity index (χ1v) is 8.15. The van der Waals surface area contributed by atoms with Gasteiger partial charge in [0.2, 0.25) is 0 Å². The molecule has 0 fully saturated rings. The Bertz CT molecular complexity index is 498. The van der Waals surface area contributed by atoms with E-state index in [1.165, 1.54) is 9.12 Å². The van der Waals surface area contributed by atoms with E-state index in [-0.39, 0.29) is 0 Å². The van der Waals surface area contributed by atoms with Crippen LogP contribution in [-0.4, -0.2) is 16.2 Å². The highest BCUT2D eigenvalue weighted by molar-refractivity contribution is 14.2. The summed E-state index contributed by atoms with van der Waals surface area (Å²) in [7, 11) is 1.42. The number of hydrogen-bond donors (Lipinski definition) is 2. The van der Waals surface area contributed by atoms with E-state index in [0.717, 1.165) is 21.2 Å². The van der Waals surface area contributed by atoms with Crippen LogP contribution in [0.5, 0.6) is 0 Å². The highest BCUT2D eigenvalue weighted by Gasteiger charge is 2.00. The van der Waals surface area contributed by atoms with Gasteiger partial charge in [0.05, 0.1) is 11.9 Å². The molecule has 2 N–H and O–H groups in total. The normalized spacial score (nSPS) is 11.3. The van der Waals surface area contributed by atoms with Crippen molar-refractivity contribution in [2.45, 2.75) is 0 Å². The van der Waals surface area contributed by atoms with Crippen molar-refractivity contribution in [2.24, 2.45) is 5.10 Å². The summed E-state index contributed by atoms with van der Waals surface area (Å²) in [4.78, 5) is 10.2. The Balaban J connectivity index is 2.30. The van der Waals surface area contributed by atoms with Crippen molar-refractivity contribution in [3.63, 3.8) is 0 Å². The minimum atomic E-state index is 0.863. The molecule has 2 rings (SSSR count). The lowest BCUT2D eigenvalue weighted by atomic mass is 10.3. The summed E-state index contributed by atoms with van der Waals surface area (Å²) in [6.07, 6.45) is 3.49. The van der Waals surface area contributed by atoms with Gasteiger partial charge in [0.15, 0.2) is 0 Å². The second-order valence-corrected chi connectivity index (χ2v) is 5.32. The Kier molecular flexibility index (Phi) is 3.87. The van der Waals surface area contributed by atoms with Gasteiger partial charge in [0.25, 0.3) is 0 Å². The second-order valence-electron chi connectivity index (χ2n) is 2.74. The maximum atomic E-state index is 4.24. The van der Waals surface area contributed by atoms with E-state index in [0.29, 0.717) is 0 Å². The van der Waals surface area contributed by atoms with Crippen molar-refractivity contribution in [2.75, 3.05) is 0 Å². The molecule has 2 aromatic heterocycles. The Morgan fingerprint density at radius 2 is 2.47 bits per heavy atom. The zero-order valence-corrected chi connectivity index (χ0v) is 11.9. The third kappa shape index (κ3) is 2.85. The number of rotatable bonds is 3. The lowest BCUT2D eigenvalue weighted by Gasteiger charge is -1.88. The van der Waals surface area contributed by atoms with Gasteiger partial charge >= 0.3 is 0 Å². The van der Waals surface area contributed by atoms with Crippen molar-refractivity contribution >= 4 is 63.5 Å². The number of pyridine rings is 1. The summed E-state index contributed by atoms with van der Waals surface area (Å²) in [6, 6.07) is 4.01. The molecule has 4 nitrogen and oxygen atoms in total. The van der Waals surface area contributed by atoms with Crippen molar-refractivity contribution in [3.05, 3.63) is 28.5 Å². The number of halogens is 2. The maximum Gasteiger partial charge on any atom is 0.137 e. The van der Waals surface area contributed by atoms with Crippen molar-refractivity contribution in [1.29, 1.82) is 0 Å². The predicted octanol–water partition coefficient (Wildman–Crippen LogP) is 3.25. The number of aromatic amines is 1. The fourth-order valence-corrected chi connectivity index (χ4v) is 1.98. The molecule has 0 radical (unpaired) electrons. The molecular formula is C8H6BrIN4S. The number of hydrogen-bond acceptors (Lipinski definition) is 4. The van der Waals surface area contributed by atoms with Gasteiger partial charge in [-0.2, -0.15) is 5.10 Å². The monoisotopic (exact) mass is 396 g/mol. The molecule has 0 aliphatic heterocycles. The van der Waals surface area contributed by atoms with Crippen LogP contribution in [-0.2, 0) is 0 Å². The van der Waals surface area contributed by atoms with Crippen LogP contribution >= 0.6 is 46.3 Å². The summed E-state index contributed by atoms with van der Waals surface area (Å²) in [5.41, 5.74) is 1.79. The minimum absolute atomic E-state index is 0.863. The topological polar surface area (TPSA) is 53.1 Å². The molecule has 0 unspecified atom stereocenters. The van der Waals surface area contributed by atoms with E-state index in [1.807, 2.05) is 12.1 Å². The van der Waals surface area contributed by atoms with Gasteiger partial charge in [-0.3, -0.25) is 0 Å². The molecule has 2 heterocycles. The molecule has 0 amide bonds. The number of nitrogens with zero attached hydrogens (tertiary/aromatic N) is 2. The average Bonchev–Trinajstić information content (AvgIpc) is 2.60. The second kappa shape index (κ2) is 5.17. The fraction of sp³-hybridized carbons (Fsp3) is 0. The van der Waals surface area contributed by atoms with Gasteiger partial charge in [-0.05, 0) is 28.1 Å². The van der Waals surface area contributed by atoms with Gasteiger partial charge < -0.3 is 4.98 Å². The number of nitrogens with one attached hydrogen (secondary N) is 2. The highest BCUT2D eigenvalue weighted by Crippen LogP contribution is 2.17. The molecule has 7 heteroatoms. The lowest BCUT2D eigenvalue weighted by molar-refractivity contribution is 1.13. The maximum absolute atomic E-state index is 4.24. The first-order chi connectivity index (χ1) is 7.29. The highest BCUT2D eigenvalue weighted by atomic mass is 127. The van der Waals surface area contributed by atoms with Crippen LogP contribution in [0.4, 0.5) is 0 Å². The van der Waals surface area contributed by atoms with Crippen molar-refractivity contribution in [1.82, 2.24) is 14.8 Å². The van der Waals surface area contributed by atoms with Gasteiger partial charge in [0, 0.05) is 46.4 Å². The molecular weight excluding hydrogens is 391 g/mol. The lowest BCUT2D eigenvalue weighted by Crippen LogP contribution is -1.89. The zero-order chi connectivity index (χ0) is 10.7. The third-order valence-electron chi connectivity index (χ3n) is 1.75. The number of aromatic nitrogens is 2. The van der Waals surface area contributed by atoms with Gasteiger partial charge in [0.1, 0.15) is 5.65 Å². The molecule has 2 aromatic rings. The SMILES string of the molecule is Brc1cnc2[nH]c(/C=N/NSI)cc2c1. The van der Waals surface area contributed by atoms with E-state index >= 15 is 0 Å². The van der Waals surface area contributed by atoms with Crippen LogP contribution in [0.1, 0.15) is 5.69 Å². The Hall–Kier alpha value is -0.280. The van der Waals surface area contributed by atoms with Crippen LogP contribution in [0.15, 0.2) is 27.9 Å². The third-order valence-corrected chi connectivity index (χ3v) is 2.95. The van der Waals surface area contributed by atoms with E-state index in [9.17, 15) is 0 Å². The van der Waals surface area contributed by atoms with Gasteiger partial charge in [-0.1, -0.05) is 0 Å². The summed E-state index contributed by atoms with van der Waals surface area (Å²) in [5.74, 6) is 0. The van der Waals surface area contributed by atoms with Crippen LogP contribution < -0.4 is 4.83 Å². The zero-order valence-electron chi connectivity index (χ0n) is 7.37. The average molecular weight is 397 g/mol. The van der Waals surface area contributed by atoms with Gasteiger partial charge in [-0.25, -0.2) is 9.82 Å². The summed E-state index contributed by atoms with van der Waals surface area (Å²) in [6.45, 7) is 0. The molecule has 78 valence electrons. The predicted molar refractivity (Wildman–Crippen MR) is 76.1 cm³/mol. The number of fused-ring (bicyclic) bond motifs is 1. The quantitative estimate of drug-likeness (QED) is 0.362. The van der Waals surface area contributed by atoms with Crippen LogP contribution in [0, 0.1) is 0 Å². The van der Waals surface area contributed by atoms with E-state index in [4.69, 9.17) is 0 Å². The minimum Gasteiger partial charge on any atom is -0.338 e. The van der Waals surface area contributed by atoms with Crippen LogP contribution in [0.25, 0.3) is 11.0 Å². The van der Waals surface area contributed by atoms with Crippen molar-refractivity contribution in [3.8, 4) is 0 Å². The van der Waals surface area contributed by atoms with Crippen LogP contribution in [0.3, 0.4) is 0 Å². The molecule has 0 aliphatic carbocycles. The molecule has 0 atom stereocenters. The van der Waals surface area contributed by atoms with Crippen LogP contribution in [0.2, 0.25) is 0 Å². The molecule has 0 spiro atoms. The summed E-state index contributed by atoms with van der Waals surface area (Å²) < 4.78 is 0.971. The standard InChI is InChI=1S/C8H6BrIN4S/c9-6-1-5-2-7(4-12-14-15-10)13-8(5)11-3-6/h1-4,14H,(H,11,13)/b12-4+. The summed E-state index contributed by atoms with van der Waals surface area (Å²) in [5, 5.41) is 5.05. The first-order valence-electron chi connectivity index (χ1n) is 3.99. The molecule has 0 bridgehead atoms. The van der Waals surface area contributed by atoms with Gasteiger partial charge in [-0.15, -0.1) is 0 Å². The molecule has 15 heavy (non-hydrogen) atoms. The van der Waals surface area contributed by atoms with E-state index in [1.54, 1.807) is 12.4 Å². The molecule has 0 aromatic carbocycles. The Labute approximate surface area is 111 Å². The smallest absolute Gasteiger partial charge is 0.137 e. The van der Waals surface area contributed by atoms with E-state index in [2.05, 4.69) is 57.0 Å².